The summed E-state index contributed by atoms with van der Waals surface area (Å²) in [6, 6.07) is 14.9. The second-order valence-electron chi connectivity index (χ2n) is 9.24. The van der Waals surface area contributed by atoms with Gasteiger partial charge in [-0.05, 0) is 62.7 Å². The zero-order valence-corrected chi connectivity index (χ0v) is 21.3. The number of aryl methyl sites for hydroxylation is 1. The van der Waals surface area contributed by atoms with E-state index in [1.807, 2.05) is 37.3 Å². The van der Waals surface area contributed by atoms with E-state index in [2.05, 4.69) is 52.7 Å². The Labute approximate surface area is 212 Å². The lowest BCUT2D eigenvalue weighted by molar-refractivity contribution is -0.114. The van der Waals surface area contributed by atoms with Crippen molar-refractivity contribution in [2.24, 2.45) is 0 Å². The summed E-state index contributed by atoms with van der Waals surface area (Å²) >= 11 is 6.49. The van der Waals surface area contributed by atoms with Crippen LogP contribution in [0.25, 0.3) is 11.3 Å². The lowest BCUT2D eigenvalue weighted by atomic mass is 10.0. The predicted octanol–water partition coefficient (Wildman–Crippen LogP) is 5.68. The molecule has 0 atom stereocenters. The van der Waals surface area contributed by atoms with Gasteiger partial charge < -0.3 is 10.2 Å². The van der Waals surface area contributed by atoms with E-state index in [0.29, 0.717) is 29.1 Å². The number of halogens is 1. The highest BCUT2D eigenvalue weighted by Gasteiger charge is 2.19. The molecular formula is C28H32ClN5O. The van der Waals surface area contributed by atoms with E-state index in [1.165, 1.54) is 11.8 Å². The Hall–Kier alpha value is -3.22. The van der Waals surface area contributed by atoms with Gasteiger partial charge in [0, 0.05) is 55.6 Å². The smallest absolute Gasteiger partial charge is 0.227 e. The van der Waals surface area contributed by atoms with Crippen LogP contribution in [0.1, 0.15) is 25.0 Å². The van der Waals surface area contributed by atoms with Crippen LogP contribution in [0.15, 0.2) is 61.3 Å². The van der Waals surface area contributed by atoms with Crippen molar-refractivity contribution in [3.05, 3.63) is 77.5 Å². The van der Waals surface area contributed by atoms with E-state index in [-0.39, 0.29) is 5.78 Å². The molecule has 0 radical (unpaired) electrons. The standard InChI is InChI=1S/C28H32ClN5O/c1-5-25(35)16-21-13-20(4)14-22(15-21)27-26(29)18-30-28(32-27)31-23-7-6-8-24(17-23)34-11-9-33(10-12-34)19(2)3/h5-8,13-15,17-19H,1,9-12,16H2,2-4H3,(H,30,31,32). The van der Waals surface area contributed by atoms with Gasteiger partial charge in [-0.3, -0.25) is 9.69 Å². The predicted molar refractivity (Wildman–Crippen MR) is 145 cm³/mol. The summed E-state index contributed by atoms with van der Waals surface area (Å²) in [6.45, 7) is 14.2. The van der Waals surface area contributed by atoms with Crippen LogP contribution in [0.4, 0.5) is 17.3 Å². The van der Waals surface area contributed by atoms with E-state index >= 15 is 0 Å². The van der Waals surface area contributed by atoms with Gasteiger partial charge in [0.25, 0.3) is 0 Å². The largest absolute Gasteiger partial charge is 0.369 e. The van der Waals surface area contributed by atoms with Crippen LogP contribution in [0, 0.1) is 6.92 Å². The molecule has 0 spiro atoms. The molecule has 1 aromatic heterocycles. The fourth-order valence-electron chi connectivity index (χ4n) is 4.41. The minimum absolute atomic E-state index is 0.0248. The van der Waals surface area contributed by atoms with Crippen molar-refractivity contribution in [1.29, 1.82) is 0 Å². The van der Waals surface area contributed by atoms with E-state index in [9.17, 15) is 4.79 Å². The van der Waals surface area contributed by atoms with Crippen LogP contribution in [0.2, 0.25) is 5.02 Å². The van der Waals surface area contributed by atoms with Gasteiger partial charge in [-0.15, -0.1) is 0 Å². The maximum absolute atomic E-state index is 11.9. The van der Waals surface area contributed by atoms with Gasteiger partial charge in [0.05, 0.1) is 16.9 Å². The third-order valence-corrected chi connectivity index (χ3v) is 6.55. The maximum Gasteiger partial charge on any atom is 0.227 e. The second kappa shape index (κ2) is 11.0. The first-order valence-corrected chi connectivity index (χ1v) is 12.3. The van der Waals surface area contributed by atoms with Gasteiger partial charge in [-0.2, -0.15) is 0 Å². The highest BCUT2D eigenvalue weighted by molar-refractivity contribution is 6.32. The Morgan fingerprint density at radius 3 is 2.66 bits per heavy atom. The van der Waals surface area contributed by atoms with Crippen molar-refractivity contribution >= 4 is 34.7 Å². The zero-order chi connectivity index (χ0) is 24.9. The molecule has 1 aliphatic rings. The number of anilines is 3. The Balaban J connectivity index is 1.54. The van der Waals surface area contributed by atoms with Gasteiger partial charge >= 0.3 is 0 Å². The maximum atomic E-state index is 11.9. The van der Waals surface area contributed by atoms with Crippen molar-refractivity contribution in [2.45, 2.75) is 33.2 Å². The van der Waals surface area contributed by atoms with E-state index in [4.69, 9.17) is 16.6 Å². The zero-order valence-electron chi connectivity index (χ0n) is 20.6. The highest BCUT2D eigenvalue weighted by atomic mass is 35.5. The molecule has 1 fully saturated rings. The molecule has 1 saturated heterocycles. The summed E-state index contributed by atoms with van der Waals surface area (Å²) < 4.78 is 0. The lowest BCUT2D eigenvalue weighted by Gasteiger charge is -2.38. The summed E-state index contributed by atoms with van der Waals surface area (Å²) in [7, 11) is 0. The van der Waals surface area contributed by atoms with Gasteiger partial charge in [0.2, 0.25) is 5.95 Å². The highest BCUT2D eigenvalue weighted by Crippen LogP contribution is 2.30. The minimum Gasteiger partial charge on any atom is -0.369 e. The Morgan fingerprint density at radius 1 is 1.17 bits per heavy atom. The van der Waals surface area contributed by atoms with Crippen LogP contribution in [-0.2, 0) is 11.2 Å². The summed E-state index contributed by atoms with van der Waals surface area (Å²) in [5.74, 6) is 0.444. The van der Waals surface area contributed by atoms with E-state index in [0.717, 1.165) is 48.6 Å². The Kier molecular flexibility index (Phi) is 7.83. The molecular weight excluding hydrogens is 458 g/mol. The normalized spacial score (nSPS) is 14.3. The van der Waals surface area contributed by atoms with Crippen molar-refractivity contribution < 1.29 is 4.79 Å². The number of rotatable bonds is 8. The lowest BCUT2D eigenvalue weighted by Crippen LogP contribution is -2.48. The topological polar surface area (TPSA) is 61.4 Å². The van der Waals surface area contributed by atoms with Crippen molar-refractivity contribution in [3.8, 4) is 11.3 Å². The summed E-state index contributed by atoms with van der Waals surface area (Å²) in [6.07, 6.45) is 3.25. The molecule has 0 unspecified atom stereocenters. The molecule has 3 aromatic rings. The average molecular weight is 490 g/mol. The summed E-state index contributed by atoms with van der Waals surface area (Å²) in [5, 5.41) is 3.79. The van der Waals surface area contributed by atoms with Crippen LogP contribution in [-0.4, -0.2) is 52.9 Å². The molecule has 0 bridgehead atoms. The average Bonchev–Trinajstić information content (AvgIpc) is 2.85. The van der Waals surface area contributed by atoms with Crippen LogP contribution < -0.4 is 10.2 Å². The van der Waals surface area contributed by atoms with Crippen LogP contribution >= 0.6 is 11.6 Å². The number of carbonyl (C=O) groups is 1. The number of nitrogens with one attached hydrogen (secondary N) is 1. The first kappa shape index (κ1) is 24.9. The fraction of sp³-hybridized carbons (Fsp3) is 0.321. The van der Waals surface area contributed by atoms with Crippen molar-refractivity contribution in [3.63, 3.8) is 0 Å². The molecule has 2 heterocycles. The minimum atomic E-state index is -0.0248. The summed E-state index contributed by atoms with van der Waals surface area (Å²) in [5.41, 5.74) is 5.51. The fourth-order valence-corrected chi connectivity index (χ4v) is 4.61. The molecule has 1 N–H and O–H groups in total. The number of allylic oxidation sites excluding steroid dienone is 1. The molecule has 182 valence electrons. The number of hydrogen-bond donors (Lipinski definition) is 1. The molecule has 6 nitrogen and oxygen atoms in total. The third kappa shape index (κ3) is 6.27. The molecule has 1 aliphatic heterocycles. The van der Waals surface area contributed by atoms with Crippen LogP contribution in [0.3, 0.4) is 0 Å². The number of ketones is 1. The summed E-state index contributed by atoms with van der Waals surface area (Å²) in [4.78, 5) is 25.9. The third-order valence-electron chi connectivity index (χ3n) is 6.27. The molecule has 35 heavy (non-hydrogen) atoms. The number of nitrogens with zero attached hydrogens (tertiary/aromatic N) is 4. The number of carbonyl (C=O) groups excluding carboxylic acids is 1. The van der Waals surface area contributed by atoms with Gasteiger partial charge in [-0.1, -0.05) is 35.9 Å². The molecule has 0 saturated carbocycles. The Morgan fingerprint density at radius 2 is 1.94 bits per heavy atom. The van der Waals surface area contributed by atoms with Gasteiger partial charge in [0.1, 0.15) is 0 Å². The monoisotopic (exact) mass is 489 g/mol. The number of piperazine rings is 1. The number of aromatic nitrogens is 2. The van der Waals surface area contributed by atoms with E-state index in [1.54, 1.807) is 6.20 Å². The van der Waals surface area contributed by atoms with Crippen LogP contribution in [0.5, 0.6) is 0 Å². The molecule has 4 rings (SSSR count). The van der Waals surface area contributed by atoms with Gasteiger partial charge in [-0.25, -0.2) is 9.97 Å². The molecule has 0 amide bonds. The molecule has 7 heteroatoms. The van der Waals surface area contributed by atoms with E-state index < -0.39 is 0 Å². The number of hydrogen-bond acceptors (Lipinski definition) is 6. The van der Waals surface area contributed by atoms with Gasteiger partial charge in [0.15, 0.2) is 5.78 Å². The quantitative estimate of drug-likeness (QED) is 0.411. The first-order valence-electron chi connectivity index (χ1n) is 12.0. The second-order valence-corrected chi connectivity index (χ2v) is 9.64. The van der Waals surface area contributed by atoms with Crippen molar-refractivity contribution in [1.82, 2.24) is 14.9 Å². The molecule has 0 aliphatic carbocycles. The van der Waals surface area contributed by atoms with Crippen molar-refractivity contribution in [2.75, 3.05) is 36.4 Å². The first-order chi connectivity index (χ1) is 16.8. The SMILES string of the molecule is C=CC(=O)Cc1cc(C)cc(-c2nc(Nc3cccc(N4CCN(C(C)C)CC4)c3)ncc2Cl)c1. The number of benzene rings is 2. The molecule has 2 aromatic carbocycles. The Bertz CT molecular complexity index is 1220.